The van der Waals surface area contributed by atoms with Gasteiger partial charge < -0.3 is 5.32 Å². The molecule has 4 heteroatoms. The van der Waals surface area contributed by atoms with Crippen LogP contribution in [0.5, 0.6) is 0 Å². The number of rotatable bonds is 3. The number of hydrogen-bond donors (Lipinski definition) is 1. The first kappa shape index (κ1) is 11.2. The Morgan fingerprint density at radius 3 is 2.07 bits per heavy atom. The van der Waals surface area contributed by atoms with Crippen LogP contribution in [0.25, 0.3) is 0 Å². The second kappa shape index (κ2) is 3.71. The van der Waals surface area contributed by atoms with Gasteiger partial charge in [-0.2, -0.15) is 0 Å². The molecule has 0 aliphatic carbocycles. The van der Waals surface area contributed by atoms with Crippen LogP contribution in [-0.4, -0.2) is 20.3 Å². The Morgan fingerprint density at radius 1 is 1.14 bits per heavy atom. The molecule has 0 saturated heterocycles. The Labute approximate surface area is 85.1 Å². The quantitative estimate of drug-likeness (QED) is 0.826. The summed E-state index contributed by atoms with van der Waals surface area (Å²) in [5.74, 6) is 0. The van der Waals surface area contributed by atoms with E-state index in [4.69, 9.17) is 0 Å². The fourth-order valence-corrected chi connectivity index (χ4v) is 2.40. The summed E-state index contributed by atoms with van der Waals surface area (Å²) in [6.07, 6.45) is 0. The van der Waals surface area contributed by atoms with Crippen LogP contribution >= 0.6 is 0 Å². The van der Waals surface area contributed by atoms with Crippen LogP contribution in [0.15, 0.2) is 35.2 Å². The summed E-state index contributed by atoms with van der Waals surface area (Å²) >= 11 is 0. The van der Waals surface area contributed by atoms with Gasteiger partial charge in [0.25, 0.3) is 0 Å². The van der Waals surface area contributed by atoms with Crippen LogP contribution in [0.2, 0.25) is 0 Å². The molecular weight excluding hydrogens is 198 g/mol. The van der Waals surface area contributed by atoms with Crippen molar-refractivity contribution in [1.29, 1.82) is 0 Å². The van der Waals surface area contributed by atoms with E-state index in [0.717, 1.165) is 0 Å². The Morgan fingerprint density at radius 2 is 1.64 bits per heavy atom. The van der Waals surface area contributed by atoms with Gasteiger partial charge in [0.15, 0.2) is 9.84 Å². The minimum Gasteiger partial charge on any atom is -0.302 e. The summed E-state index contributed by atoms with van der Waals surface area (Å²) in [5.41, 5.74) is 0. The van der Waals surface area contributed by atoms with Crippen molar-refractivity contribution in [2.45, 2.75) is 23.6 Å². The van der Waals surface area contributed by atoms with Gasteiger partial charge in [0.05, 0.1) is 4.90 Å². The summed E-state index contributed by atoms with van der Waals surface area (Å²) in [6.45, 7) is 3.30. The maximum Gasteiger partial charge on any atom is 0.196 e. The summed E-state index contributed by atoms with van der Waals surface area (Å²) < 4.78 is 24.0. The molecule has 0 aromatic heterocycles. The molecule has 0 saturated carbocycles. The Kier molecular flexibility index (Phi) is 2.97. The Balaban J connectivity index is 3.23. The average molecular weight is 213 g/mol. The topological polar surface area (TPSA) is 46.2 Å². The lowest BCUT2D eigenvalue weighted by molar-refractivity contribution is 0.510. The lowest BCUT2D eigenvalue weighted by atomic mass is 10.4. The predicted molar refractivity (Wildman–Crippen MR) is 56.8 cm³/mol. The van der Waals surface area contributed by atoms with Crippen LogP contribution in [0.1, 0.15) is 13.8 Å². The van der Waals surface area contributed by atoms with Gasteiger partial charge in [-0.1, -0.05) is 18.2 Å². The standard InChI is InChI=1S/C10H15NO2S/c1-10(2,11-3)14(12,13)9-7-5-4-6-8-9/h4-8,11H,1-3H3. The molecule has 0 aliphatic heterocycles. The maximum atomic E-state index is 12.0. The second-order valence-electron chi connectivity index (χ2n) is 3.58. The van der Waals surface area contributed by atoms with E-state index in [0.29, 0.717) is 4.90 Å². The van der Waals surface area contributed by atoms with Crippen molar-refractivity contribution in [1.82, 2.24) is 5.32 Å². The molecule has 0 spiro atoms. The van der Waals surface area contributed by atoms with E-state index in [-0.39, 0.29) is 0 Å². The molecule has 0 heterocycles. The zero-order chi connectivity index (χ0) is 10.8. The largest absolute Gasteiger partial charge is 0.302 e. The van der Waals surface area contributed by atoms with Gasteiger partial charge in [0.1, 0.15) is 4.87 Å². The van der Waals surface area contributed by atoms with E-state index in [1.165, 1.54) is 0 Å². The van der Waals surface area contributed by atoms with E-state index in [9.17, 15) is 8.42 Å². The van der Waals surface area contributed by atoms with Crippen molar-refractivity contribution in [3.05, 3.63) is 30.3 Å². The second-order valence-corrected chi connectivity index (χ2v) is 6.08. The molecule has 0 amide bonds. The van der Waals surface area contributed by atoms with Gasteiger partial charge in [-0.15, -0.1) is 0 Å². The minimum absolute atomic E-state index is 0.347. The van der Waals surface area contributed by atoms with E-state index in [1.807, 2.05) is 0 Å². The fraction of sp³-hybridized carbons (Fsp3) is 0.400. The molecule has 1 N–H and O–H groups in total. The van der Waals surface area contributed by atoms with Gasteiger partial charge in [0, 0.05) is 0 Å². The molecule has 0 aliphatic rings. The summed E-state index contributed by atoms with van der Waals surface area (Å²) in [5, 5.41) is 2.79. The van der Waals surface area contributed by atoms with Crippen LogP contribution < -0.4 is 5.32 Å². The van der Waals surface area contributed by atoms with E-state index >= 15 is 0 Å². The highest BCUT2D eigenvalue weighted by Crippen LogP contribution is 2.21. The Bertz CT molecular complexity index is 395. The van der Waals surface area contributed by atoms with Crippen molar-refractivity contribution in [2.75, 3.05) is 7.05 Å². The smallest absolute Gasteiger partial charge is 0.196 e. The lowest BCUT2D eigenvalue weighted by Crippen LogP contribution is -2.44. The fourth-order valence-electron chi connectivity index (χ4n) is 1.03. The molecule has 0 radical (unpaired) electrons. The highest BCUT2D eigenvalue weighted by atomic mass is 32.2. The van der Waals surface area contributed by atoms with Gasteiger partial charge in [-0.05, 0) is 33.0 Å². The maximum absolute atomic E-state index is 12.0. The van der Waals surface area contributed by atoms with Gasteiger partial charge in [0.2, 0.25) is 0 Å². The van der Waals surface area contributed by atoms with Crippen LogP contribution in [-0.2, 0) is 9.84 Å². The molecule has 3 nitrogen and oxygen atoms in total. The monoisotopic (exact) mass is 213 g/mol. The predicted octanol–water partition coefficient (Wildman–Crippen LogP) is 1.42. The molecule has 78 valence electrons. The van der Waals surface area contributed by atoms with Crippen molar-refractivity contribution >= 4 is 9.84 Å². The normalized spacial score (nSPS) is 12.8. The third-order valence-corrected chi connectivity index (χ3v) is 4.77. The zero-order valence-corrected chi connectivity index (χ0v) is 9.43. The highest BCUT2D eigenvalue weighted by molar-refractivity contribution is 7.92. The van der Waals surface area contributed by atoms with Gasteiger partial charge in [-0.3, -0.25) is 0 Å². The van der Waals surface area contributed by atoms with E-state index in [2.05, 4.69) is 5.32 Å². The Hall–Kier alpha value is -0.870. The van der Waals surface area contributed by atoms with Crippen molar-refractivity contribution < 1.29 is 8.42 Å². The number of benzene rings is 1. The molecule has 1 aromatic carbocycles. The number of sulfone groups is 1. The van der Waals surface area contributed by atoms with Gasteiger partial charge >= 0.3 is 0 Å². The molecule has 1 rings (SSSR count). The van der Waals surface area contributed by atoms with Crippen LogP contribution in [0, 0.1) is 0 Å². The molecular formula is C10H15NO2S. The third kappa shape index (κ3) is 1.81. The molecule has 0 atom stereocenters. The molecule has 14 heavy (non-hydrogen) atoms. The minimum atomic E-state index is -3.30. The molecule has 0 bridgehead atoms. The first-order valence-corrected chi connectivity index (χ1v) is 5.89. The highest BCUT2D eigenvalue weighted by Gasteiger charge is 2.33. The van der Waals surface area contributed by atoms with Crippen molar-refractivity contribution in [3.8, 4) is 0 Å². The molecule has 0 fully saturated rings. The molecule has 1 aromatic rings. The zero-order valence-electron chi connectivity index (χ0n) is 8.61. The third-order valence-electron chi connectivity index (χ3n) is 2.33. The summed E-state index contributed by atoms with van der Waals surface area (Å²) in [6, 6.07) is 8.45. The van der Waals surface area contributed by atoms with Crippen LogP contribution in [0.4, 0.5) is 0 Å². The van der Waals surface area contributed by atoms with Gasteiger partial charge in [-0.25, -0.2) is 8.42 Å². The summed E-state index contributed by atoms with van der Waals surface area (Å²) in [7, 11) is -1.66. The lowest BCUT2D eigenvalue weighted by Gasteiger charge is -2.23. The SMILES string of the molecule is CNC(C)(C)S(=O)(=O)c1ccccc1. The average Bonchev–Trinajstić information content (AvgIpc) is 2.19. The van der Waals surface area contributed by atoms with E-state index < -0.39 is 14.7 Å². The first-order chi connectivity index (χ1) is 6.42. The van der Waals surface area contributed by atoms with Crippen LogP contribution in [0.3, 0.4) is 0 Å². The van der Waals surface area contributed by atoms with E-state index in [1.54, 1.807) is 51.2 Å². The summed E-state index contributed by atoms with van der Waals surface area (Å²) in [4.78, 5) is -0.590. The number of hydrogen-bond acceptors (Lipinski definition) is 3. The molecule has 0 unspecified atom stereocenters. The van der Waals surface area contributed by atoms with Crippen molar-refractivity contribution in [3.63, 3.8) is 0 Å². The van der Waals surface area contributed by atoms with Crippen molar-refractivity contribution in [2.24, 2.45) is 0 Å². The first-order valence-electron chi connectivity index (χ1n) is 4.40. The number of nitrogens with one attached hydrogen (secondary N) is 1.